The minimum Gasteiger partial charge on any atom is -0.353 e. The first kappa shape index (κ1) is 10.5. The van der Waals surface area contributed by atoms with Crippen LogP contribution in [0.4, 0.5) is 5.82 Å². The molecule has 0 bridgehead atoms. The molecule has 0 spiro atoms. The average molecular weight is 231 g/mol. The molecule has 17 heavy (non-hydrogen) atoms. The highest BCUT2D eigenvalue weighted by Crippen LogP contribution is 2.28. The van der Waals surface area contributed by atoms with Gasteiger partial charge < -0.3 is 4.90 Å². The van der Waals surface area contributed by atoms with Crippen molar-refractivity contribution in [1.29, 1.82) is 0 Å². The van der Waals surface area contributed by atoms with Gasteiger partial charge in [-0.2, -0.15) is 5.10 Å². The highest BCUT2D eigenvalue weighted by atomic mass is 15.3. The second-order valence-electron chi connectivity index (χ2n) is 4.74. The van der Waals surface area contributed by atoms with E-state index < -0.39 is 0 Å². The van der Waals surface area contributed by atoms with Crippen molar-refractivity contribution >= 4 is 16.9 Å². The summed E-state index contributed by atoms with van der Waals surface area (Å²) in [7, 11) is 1.92. The van der Waals surface area contributed by atoms with Gasteiger partial charge in [-0.25, -0.2) is 9.97 Å². The first-order valence-electron chi connectivity index (χ1n) is 6.16. The van der Waals surface area contributed by atoms with E-state index >= 15 is 0 Å². The predicted molar refractivity (Wildman–Crippen MR) is 67.0 cm³/mol. The summed E-state index contributed by atoms with van der Waals surface area (Å²) in [6.45, 7) is 3.35. The van der Waals surface area contributed by atoms with Gasteiger partial charge in [0.05, 0.1) is 11.6 Å². The van der Waals surface area contributed by atoms with Crippen molar-refractivity contribution in [3.63, 3.8) is 0 Å². The minimum atomic E-state index is 0.557. The Kier molecular flexibility index (Phi) is 2.46. The Morgan fingerprint density at radius 2 is 2.18 bits per heavy atom. The summed E-state index contributed by atoms with van der Waals surface area (Å²) < 4.78 is 1.80. The molecule has 0 saturated carbocycles. The third-order valence-electron chi connectivity index (χ3n) is 3.58. The SMILES string of the molecule is C[C@@H]1CCCCN1c1ncnc2c1cnn2C. The largest absolute Gasteiger partial charge is 0.353 e. The van der Waals surface area contributed by atoms with Crippen LogP contribution < -0.4 is 4.90 Å². The van der Waals surface area contributed by atoms with Crippen molar-refractivity contribution in [2.75, 3.05) is 11.4 Å². The molecule has 2 aromatic rings. The lowest BCUT2D eigenvalue weighted by molar-refractivity contribution is 0.482. The molecule has 2 aromatic heterocycles. The third kappa shape index (κ3) is 1.66. The maximum Gasteiger partial charge on any atom is 0.163 e. The molecule has 90 valence electrons. The second-order valence-corrected chi connectivity index (χ2v) is 4.74. The van der Waals surface area contributed by atoms with Crippen LogP contribution >= 0.6 is 0 Å². The van der Waals surface area contributed by atoms with Gasteiger partial charge in [0.2, 0.25) is 0 Å². The van der Waals surface area contributed by atoms with Crippen molar-refractivity contribution in [2.45, 2.75) is 32.2 Å². The van der Waals surface area contributed by atoms with E-state index in [0.717, 1.165) is 23.4 Å². The fourth-order valence-electron chi connectivity index (χ4n) is 2.59. The smallest absolute Gasteiger partial charge is 0.163 e. The van der Waals surface area contributed by atoms with Crippen LogP contribution in [-0.2, 0) is 7.05 Å². The number of aromatic nitrogens is 4. The van der Waals surface area contributed by atoms with Crippen LogP contribution in [0.5, 0.6) is 0 Å². The third-order valence-corrected chi connectivity index (χ3v) is 3.58. The van der Waals surface area contributed by atoms with E-state index in [1.54, 1.807) is 11.0 Å². The zero-order valence-corrected chi connectivity index (χ0v) is 10.3. The molecular formula is C12H17N5. The van der Waals surface area contributed by atoms with Gasteiger partial charge in [-0.05, 0) is 26.2 Å². The molecule has 0 N–H and O–H groups in total. The number of hydrogen-bond donors (Lipinski definition) is 0. The van der Waals surface area contributed by atoms with E-state index in [0.29, 0.717) is 6.04 Å². The molecule has 5 heteroatoms. The second kappa shape index (κ2) is 3.98. The number of aryl methyl sites for hydroxylation is 1. The maximum absolute atomic E-state index is 4.46. The Labute approximate surface area is 100 Å². The summed E-state index contributed by atoms with van der Waals surface area (Å²) in [6, 6.07) is 0.557. The molecule has 0 radical (unpaired) electrons. The van der Waals surface area contributed by atoms with Crippen molar-refractivity contribution in [3.8, 4) is 0 Å². The molecule has 0 amide bonds. The number of rotatable bonds is 1. The van der Waals surface area contributed by atoms with E-state index in [9.17, 15) is 0 Å². The molecule has 3 heterocycles. The molecule has 1 saturated heterocycles. The van der Waals surface area contributed by atoms with E-state index in [1.165, 1.54) is 19.3 Å². The number of nitrogens with zero attached hydrogens (tertiary/aromatic N) is 5. The lowest BCUT2D eigenvalue weighted by atomic mass is 10.0. The average Bonchev–Trinajstić information content (AvgIpc) is 2.72. The lowest BCUT2D eigenvalue weighted by Gasteiger charge is -2.34. The van der Waals surface area contributed by atoms with E-state index in [4.69, 9.17) is 0 Å². The normalized spacial score (nSPS) is 21.1. The quantitative estimate of drug-likeness (QED) is 0.750. The van der Waals surface area contributed by atoms with Crippen LogP contribution in [0.3, 0.4) is 0 Å². The Balaban J connectivity index is 2.10. The highest BCUT2D eigenvalue weighted by molar-refractivity contribution is 5.86. The molecular weight excluding hydrogens is 214 g/mol. The number of fused-ring (bicyclic) bond motifs is 1. The monoisotopic (exact) mass is 231 g/mol. The van der Waals surface area contributed by atoms with Crippen LogP contribution in [0.2, 0.25) is 0 Å². The lowest BCUT2D eigenvalue weighted by Crippen LogP contribution is -2.38. The van der Waals surface area contributed by atoms with Gasteiger partial charge in [-0.3, -0.25) is 4.68 Å². The van der Waals surface area contributed by atoms with Gasteiger partial charge in [0, 0.05) is 19.6 Å². The Bertz CT molecular complexity index is 533. The minimum absolute atomic E-state index is 0.557. The van der Waals surface area contributed by atoms with Crippen LogP contribution in [0.25, 0.3) is 11.0 Å². The van der Waals surface area contributed by atoms with Crippen molar-refractivity contribution in [2.24, 2.45) is 7.05 Å². The molecule has 0 aromatic carbocycles. The molecule has 0 unspecified atom stereocenters. The fourth-order valence-corrected chi connectivity index (χ4v) is 2.59. The summed E-state index contributed by atoms with van der Waals surface area (Å²) in [6.07, 6.45) is 7.31. The number of hydrogen-bond acceptors (Lipinski definition) is 4. The molecule has 5 nitrogen and oxygen atoms in total. The maximum atomic E-state index is 4.46. The summed E-state index contributed by atoms with van der Waals surface area (Å²) in [5.74, 6) is 1.04. The summed E-state index contributed by atoms with van der Waals surface area (Å²) in [4.78, 5) is 11.1. The topological polar surface area (TPSA) is 46.8 Å². The van der Waals surface area contributed by atoms with Gasteiger partial charge in [0.15, 0.2) is 5.65 Å². The standard InChI is InChI=1S/C12H17N5/c1-9-5-3-4-6-17(9)12-10-7-15-16(2)11(10)13-8-14-12/h7-9H,3-6H2,1-2H3/t9-/m1/s1. The van der Waals surface area contributed by atoms with Crippen molar-refractivity contribution in [3.05, 3.63) is 12.5 Å². The van der Waals surface area contributed by atoms with Gasteiger partial charge in [-0.1, -0.05) is 0 Å². The zero-order chi connectivity index (χ0) is 11.8. The molecule has 1 aliphatic heterocycles. The molecule has 1 aliphatic rings. The Morgan fingerprint density at radius 1 is 1.29 bits per heavy atom. The molecule has 3 rings (SSSR count). The van der Waals surface area contributed by atoms with E-state index in [1.807, 2.05) is 13.2 Å². The van der Waals surface area contributed by atoms with Gasteiger partial charge in [0.25, 0.3) is 0 Å². The Morgan fingerprint density at radius 3 is 3.00 bits per heavy atom. The summed E-state index contributed by atoms with van der Waals surface area (Å²) in [5.41, 5.74) is 0.910. The first-order chi connectivity index (χ1) is 8.27. The molecule has 0 aliphatic carbocycles. The van der Waals surface area contributed by atoms with Gasteiger partial charge in [-0.15, -0.1) is 0 Å². The summed E-state index contributed by atoms with van der Waals surface area (Å²) in [5, 5.41) is 5.32. The zero-order valence-electron chi connectivity index (χ0n) is 10.3. The van der Waals surface area contributed by atoms with Crippen LogP contribution in [0.15, 0.2) is 12.5 Å². The van der Waals surface area contributed by atoms with E-state index in [-0.39, 0.29) is 0 Å². The van der Waals surface area contributed by atoms with Gasteiger partial charge in [0.1, 0.15) is 12.1 Å². The van der Waals surface area contributed by atoms with Crippen molar-refractivity contribution < 1.29 is 0 Å². The number of anilines is 1. The fraction of sp³-hybridized carbons (Fsp3) is 0.583. The van der Waals surface area contributed by atoms with Crippen molar-refractivity contribution in [1.82, 2.24) is 19.7 Å². The Hall–Kier alpha value is -1.65. The van der Waals surface area contributed by atoms with Crippen LogP contribution in [-0.4, -0.2) is 32.3 Å². The van der Waals surface area contributed by atoms with E-state index in [2.05, 4.69) is 26.9 Å². The summed E-state index contributed by atoms with van der Waals surface area (Å²) >= 11 is 0. The van der Waals surface area contributed by atoms with Gasteiger partial charge >= 0.3 is 0 Å². The van der Waals surface area contributed by atoms with Crippen LogP contribution in [0, 0.1) is 0 Å². The first-order valence-corrected chi connectivity index (χ1v) is 6.16. The van der Waals surface area contributed by atoms with Crippen LogP contribution in [0.1, 0.15) is 26.2 Å². The molecule has 1 fully saturated rings. The molecule has 1 atom stereocenters. The highest BCUT2D eigenvalue weighted by Gasteiger charge is 2.22. The number of piperidine rings is 1. The predicted octanol–water partition coefficient (Wildman–Crippen LogP) is 1.74.